The van der Waals surface area contributed by atoms with E-state index in [0.717, 1.165) is 16.7 Å². The zero-order chi connectivity index (χ0) is 32.3. The number of hydrogen-bond acceptors (Lipinski definition) is 9. The van der Waals surface area contributed by atoms with Crippen LogP contribution in [-0.4, -0.2) is 83.0 Å². The molecule has 1 aliphatic heterocycles. The average Bonchev–Trinajstić information content (AvgIpc) is 3.70. The molecule has 0 radical (unpaired) electrons. The highest BCUT2D eigenvalue weighted by molar-refractivity contribution is 5.71. The standard InChI is InChI=1S/C34H36N6O6/c1-39(2)20-36-33-37-30-29(31(42)38-33)35-21-40(30)32-28(18-27(19-41)45-32)46-34(22-8-6-5-7-9-22,23-10-14-25(43-3)15-11-23)24-12-16-26(44-4)17-13-24/h5-17,20-21,27-28,32,41H,18-19H2,1-4H3,(H,37,38,42)/b36-20+/t27-,28+,32+/m0/s1. The Morgan fingerprint density at radius 2 is 1.61 bits per heavy atom. The highest BCUT2D eigenvalue weighted by atomic mass is 16.6. The first-order valence-electron chi connectivity index (χ1n) is 14.8. The van der Waals surface area contributed by atoms with Gasteiger partial charge < -0.3 is 29.0 Å². The molecule has 1 fully saturated rings. The van der Waals surface area contributed by atoms with Gasteiger partial charge in [0.1, 0.15) is 23.2 Å². The molecule has 2 aromatic heterocycles. The summed E-state index contributed by atoms with van der Waals surface area (Å²) in [5, 5.41) is 10.3. The molecule has 3 atom stereocenters. The van der Waals surface area contributed by atoms with Crippen LogP contribution in [0.4, 0.5) is 5.95 Å². The van der Waals surface area contributed by atoms with E-state index in [0.29, 0.717) is 17.9 Å². The quantitative estimate of drug-likeness (QED) is 0.127. The summed E-state index contributed by atoms with van der Waals surface area (Å²) in [5.41, 5.74) is 1.42. The molecule has 0 saturated carbocycles. The fourth-order valence-electron chi connectivity index (χ4n) is 5.77. The van der Waals surface area contributed by atoms with Gasteiger partial charge in [-0.3, -0.25) is 14.3 Å². The first kappa shape index (κ1) is 31.0. The molecule has 12 nitrogen and oxygen atoms in total. The Morgan fingerprint density at radius 3 is 2.17 bits per heavy atom. The SMILES string of the molecule is COc1ccc(C(O[C@@H]2C[C@@H](CO)O[C@H]2n2cnc3c(=O)[nH]c(/N=C/N(C)C)nc32)(c2ccccc2)c2ccc(OC)cc2)cc1. The van der Waals surface area contributed by atoms with Gasteiger partial charge in [-0.25, -0.2) is 9.98 Å². The number of imidazole rings is 1. The second kappa shape index (κ2) is 13.1. The minimum atomic E-state index is -1.14. The molecule has 1 aliphatic rings. The highest BCUT2D eigenvalue weighted by Gasteiger charge is 2.46. The van der Waals surface area contributed by atoms with Crippen LogP contribution in [0.2, 0.25) is 0 Å². The van der Waals surface area contributed by atoms with E-state index in [4.69, 9.17) is 18.9 Å². The van der Waals surface area contributed by atoms with Crippen molar-refractivity contribution in [2.45, 2.75) is 30.5 Å². The molecule has 0 spiro atoms. The number of H-pyrrole nitrogens is 1. The van der Waals surface area contributed by atoms with Gasteiger partial charge in [0.05, 0.1) is 39.6 Å². The molecular formula is C34H36N6O6. The number of rotatable bonds is 11. The van der Waals surface area contributed by atoms with Crippen LogP contribution in [0, 0.1) is 0 Å². The molecule has 0 unspecified atom stereocenters. The normalized spacial score (nSPS) is 18.3. The third-order valence-electron chi connectivity index (χ3n) is 7.96. The van der Waals surface area contributed by atoms with Crippen molar-refractivity contribution in [2.75, 3.05) is 34.9 Å². The maximum absolute atomic E-state index is 13.0. The zero-order valence-electron chi connectivity index (χ0n) is 26.0. The molecule has 46 heavy (non-hydrogen) atoms. The summed E-state index contributed by atoms with van der Waals surface area (Å²) in [4.78, 5) is 30.6. The molecule has 5 aromatic rings. The Labute approximate surface area is 265 Å². The smallest absolute Gasteiger partial charge is 0.280 e. The molecule has 2 N–H and O–H groups in total. The molecule has 238 valence electrons. The van der Waals surface area contributed by atoms with Crippen molar-refractivity contribution >= 4 is 23.5 Å². The molecule has 0 bridgehead atoms. The molecular weight excluding hydrogens is 588 g/mol. The van der Waals surface area contributed by atoms with Gasteiger partial charge in [0.2, 0.25) is 5.95 Å². The number of nitrogens with zero attached hydrogens (tertiary/aromatic N) is 5. The fraction of sp³-hybridized carbons (Fsp3) is 0.294. The van der Waals surface area contributed by atoms with E-state index in [1.54, 1.807) is 30.0 Å². The summed E-state index contributed by atoms with van der Waals surface area (Å²) in [5.74, 6) is 1.53. The predicted octanol–water partition coefficient (Wildman–Crippen LogP) is 4.02. The van der Waals surface area contributed by atoms with Crippen LogP contribution in [0.1, 0.15) is 29.3 Å². The van der Waals surface area contributed by atoms with Gasteiger partial charge in [-0.1, -0.05) is 54.6 Å². The Hall–Kier alpha value is -5.04. The summed E-state index contributed by atoms with van der Waals surface area (Å²) in [6.45, 7) is -0.223. The number of aliphatic imine (C=N–C) groups is 1. The first-order valence-corrected chi connectivity index (χ1v) is 14.8. The van der Waals surface area contributed by atoms with Gasteiger partial charge in [0, 0.05) is 20.5 Å². The second-order valence-electron chi connectivity index (χ2n) is 11.1. The van der Waals surface area contributed by atoms with Crippen LogP contribution < -0.4 is 15.0 Å². The van der Waals surface area contributed by atoms with Crippen LogP contribution in [0.25, 0.3) is 11.2 Å². The number of nitrogens with one attached hydrogen (secondary N) is 1. The molecule has 3 aromatic carbocycles. The second-order valence-corrected chi connectivity index (χ2v) is 11.1. The largest absolute Gasteiger partial charge is 0.497 e. The van der Waals surface area contributed by atoms with E-state index in [1.807, 2.05) is 93.0 Å². The highest BCUT2D eigenvalue weighted by Crippen LogP contribution is 2.46. The van der Waals surface area contributed by atoms with Crippen LogP contribution in [0.3, 0.4) is 0 Å². The lowest BCUT2D eigenvalue weighted by atomic mass is 9.79. The molecule has 0 amide bonds. The number of hydrogen-bond donors (Lipinski definition) is 2. The van der Waals surface area contributed by atoms with E-state index in [2.05, 4.69) is 19.9 Å². The molecule has 1 saturated heterocycles. The van der Waals surface area contributed by atoms with Crippen molar-refractivity contribution in [1.29, 1.82) is 0 Å². The Balaban J connectivity index is 1.52. The van der Waals surface area contributed by atoms with Gasteiger partial charge in [-0.05, 0) is 41.0 Å². The van der Waals surface area contributed by atoms with Crippen molar-refractivity contribution in [3.05, 3.63) is 112 Å². The van der Waals surface area contributed by atoms with Gasteiger partial charge in [0.15, 0.2) is 17.4 Å². The van der Waals surface area contributed by atoms with Crippen molar-refractivity contribution in [1.82, 2.24) is 24.4 Å². The topological polar surface area (TPSA) is 136 Å². The van der Waals surface area contributed by atoms with Crippen molar-refractivity contribution < 1.29 is 24.1 Å². The number of benzene rings is 3. The number of aliphatic hydroxyl groups is 1. The number of fused-ring (bicyclic) bond motifs is 1. The molecule has 3 heterocycles. The molecule has 0 aliphatic carbocycles. The molecule has 12 heteroatoms. The van der Waals surface area contributed by atoms with Crippen LogP contribution in [0.15, 0.2) is 95.0 Å². The Bertz CT molecular complexity index is 1810. The lowest BCUT2D eigenvalue weighted by molar-refractivity contribution is -0.109. The number of methoxy groups -OCH3 is 2. The number of aromatic amines is 1. The van der Waals surface area contributed by atoms with Crippen LogP contribution in [-0.2, 0) is 15.1 Å². The zero-order valence-corrected chi connectivity index (χ0v) is 26.0. The maximum atomic E-state index is 13.0. The average molecular weight is 625 g/mol. The third-order valence-corrected chi connectivity index (χ3v) is 7.96. The van der Waals surface area contributed by atoms with Crippen molar-refractivity contribution in [3.8, 4) is 11.5 Å². The van der Waals surface area contributed by atoms with E-state index in [9.17, 15) is 9.90 Å². The maximum Gasteiger partial charge on any atom is 0.280 e. The predicted molar refractivity (Wildman–Crippen MR) is 173 cm³/mol. The lowest BCUT2D eigenvalue weighted by Crippen LogP contribution is -2.39. The number of ether oxygens (including phenoxy) is 4. The van der Waals surface area contributed by atoms with Crippen molar-refractivity contribution in [2.24, 2.45) is 4.99 Å². The third kappa shape index (κ3) is 5.85. The minimum absolute atomic E-state index is 0.122. The summed E-state index contributed by atoms with van der Waals surface area (Å²) in [6.07, 6.45) is 1.45. The molecule has 6 rings (SSSR count). The van der Waals surface area contributed by atoms with E-state index < -0.39 is 29.6 Å². The van der Waals surface area contributed by atoms with Gasteiger partial charge >= 0.3 is 0 Å². The summed E-state index contributed by atoms with van der Waals surface area (Å²) in [7, 11) is 6.89. The van der Waals surface area contributed by atoms with Gasteiger partial charge in [-0.15, -0.1) is 0 Å². The summed E-state index contributed by atoms with van der Waals surface area (Å²) in [6, 6.07) is 25.4. The van der Waals surface area contributed by atoms with E-state index in [-0.39, 0.29) is 23.7 Å². The van der Waals surface area contributed by atoms with E-state index >= 15 is 0 Å². The van der Waals surface area contributed by atoms with Crippen LogP contribution in [0.5, 0.6) is 11.5 Å². The lowest BCUT2D eigenvalue weighted by Gasteiger charge is -2.39. The summed E-state index contributed by atoms with van der Waals surface area (Å²) < 4.78 is 26.4. The number of aromatic nitrogens is 4. The van der Waals surface area contributed by atoms with E-state index in [1.165, 1.54) is 6.33 Å². The number of aliphatic hydroxyl groups excluding tert-OH is 1. The van der Waals surface area contributed by atoms with Crippen molar-refractivity contribution in [3.63, 3.8) is 0 Å². The Kier molecular flexibility index (Phi) is 8.84. The summed E-state index contributed by atoms with van der Waals surface area (Å²) >= 11 is 0. The van der Waals surface area contributed by atoms with Gasteiger partial charge in [-0.2, -0.15) is 4.98 Å². The monoisotopic (exact) mass is 624 g/mol. The minimum Gasteiger partial charge on any atom is -0.497 e. The Morgan fingerprint density at radius 1 is 1.00 bits per heavy atom. The van der Waals surface area contributed by atoms with Gasteiger partial charge in [0.25, 0.3) is 5.56 Å². The van der Waals surface area contributed by atoms with Crippen LogP contribution >= 0.6 is 0 Å². The fourth-order valence-corrected chi connectivity index (χ4v) is 5.77. The first-order chi connectivity index (χ1) is 22.4.